The summed E-state index contributed by atoms with van der Waals surface area (Å²) in [7, 11) is -1.43. The van der Waals surface area contributed by atoms with E-state index in [0.29, 0.717) is 0 Å². The molecule has 0 saturated carbocycles. The maximum atomic E-state index is 7.30. The first kappa shape index (κ1) is 46.7. The van der Waals surface area contributed by atoms with Crippen LogP contribution in [-0.2, 0) is 57.6 Å². The molecule has 0 nitrogen and oxygen atoms in total. The van der Waals surface area contributed by atoms with E-state index in [0.717, 1.165) is 24.0 Å². The Morgan fingerprint density at radius 2 is 0.629 bits per heavy atom. The molecule has 8 aromatic carbocycles. The summed E-state index contributed by atoms with van der Waals surface area (Å²) in [6, 6.07) is 73.6. The van der Waals surface area contributed by atoms with Gasteiger partial charge in [-0.1, -0.05) is 168 Å². The van der Waals surface area contributed by atoms with Gasteiger partial charge in [0.15, 0.2) is 0 Å². The van der Waals surface area contributed by atoms with Crippen molar-refractivity contribution in [3.8, 4) is 34.1 Å². The van der Waals surface area contributed by atoms with Crippen molar-refractivity contribution >= 4 is 37.1 Å². The van der Waals surface area contributed by atoms with Gasteiger partial charge in [-0.15, -0.1) is 23.3 Å². The van der Waals surface area contributed by atoms with Crippen LogP contribution in [0.2, 0.25) is 0 Å². The van der Waals surface area contributed by atoms with Gasteiger partial charge in [0.05, 0.1) is 49.4 Å². The first-order chi connectivity index (χ1) is 29.7. The molecule has 310 valence electrons. The number of fused-ring (bicyclic) bond motifs is 6. The maximum Gasteiger partial charge on any atom is 1.00 e. The Balaban J connectivity index is 0.000000168. The van der Waals surface area contributed by atoms with Gasteiger partial charge in [0.1, 0.15) is 0 Å². The molecule has 4 heteroatoms. The van der Waals surface area contributed by atoms with Gasteiger partial charge in [-0.25, -0.2) is 0 Å². The molecule has 0 atom stereocenters. The van der Waals surface area contributed by atoms with Crippen LogP contribution in [0.15, 0.2) is 206 Å². The fraction of sp³-hybridized carbons (Fsp3) is 0.103. The molecule has 0 amide bonds. The summed E-state index contributed by atoms with van der Waals surface area (Å²) in [4.78, 5) is 0. The molecular formula is C58H48Au2P2+2. The molecule has 2 aliphatic carbocycles. The molecular weight excluding hydrogens is 1150 g/mol. The second-order valence-corrected chi connectivity index (χ2v) is 20.4. The molecule has 0 unspecified atom stereocenters. The van der Waals surface area contributed by atoms with E-state index in [1.807, 2.05) is 24.3 Å². The summed E-state index contributed by atoms with van der Waals surface area (Å²) in [6.07, 6.45) is 21.8. The van der Waals surface area contributed by atoms with Crippen LogP contribution in [0.4, 0.5) is 0 Å². The second kappa shape index (κ2) is 23.6. The topological polar surface area (TPSA) is 0 Å². The van der Waals surface area contributed by atoms with Crippen LogP contribution in [0.25, 0.3) is 22.3 Å². The number of benzene rings is 8. The number of hydrogen-bond acceptors (Lipinski definition) is 0. The summed E-state index contributed by atoms with van der Waals surface area (Å²) in [5, 5.41) is 6.13. The van der Waals surface area contributed by atoms with Crippen molar-refractivity contribution in [1.82, 2.24) is 0 Å². The molecule has 0 saturated heterocycles. The van der Waals surface area contributed by atoms with Crippen molar-refractivity contribution in [3.05, 3.63) is 252 Å². The first-order valence-electron chi connectivity index (χ1n) is 20.9. The van der Waals surface area contributed by atoms with Gasteiger partial charge in [0.25, 0.3) is 0 Å². The van der Waals surface area contributed by atoms with Crippen LogP contribution in [0.5, 0.6) is 0 Å². The second-order valence-electron chi connectivity index (χ2n) is 15.2. The molecule has 10 rings (SSSR count). The van der Waals surface area contributed by atoms with Crippen LogP contribution in [-0.4, -0.2) is 12.3 Å². The number of hydrogen-bond donors (Lipinski definition) is 0. The van der Waals surface area contributed by atoms with E-state index in [1.165, 1.54) is 90.9 Å². The average molecular weight is 1200 g/mol. The molecule has 0 heterocycles. The average Bonchev–Trinajstić information content (AvgIpc) is 3.91. The van der Waals surface area contributed by atoms with Crippen LogP contribution >= 0.6 is 15.8 Å². The molecule has 2 aliphatic rings. The smallest absolute Gasteiger partial charge is 0.366 e. The maximum absolute atomic E-state index is 7.30. The molecule has 8 aromatic rings. The number of rotatable bonds is 9. The van der Waals surface area contributed by atoms with E-state index in [4.69, 9.17) is 12.8 Å². The zero-order chi connectivity index (χ0) is 40.9. The number of unbranched alkanes of at least 4 members (excludes halogenated alkanes) is 1. The Bertz CT molecular complexity index is 2470. The summed E-state index contributed by atoms with van der Waals surface area (Å²) < 4.78 is 0. The summed E-state index contributed by atoms with van der Waals surface area (Å²) in [5.41, 5.74) is 12.1. The fourth-order valence-electron chi connectivity index (χ4n) is 8.66. The van der Waals surface area contributed by atoms with Crippen molar-refractivity contribution in [3.63, 3.8) is 0 Å². The van der Waals surface area contributed by atoms with E-state index in [9.17, 15) is 0 Å². The Morgan fingerprint density at radius 3 is 0.952 bits per heavy atom. The van der Waals surface area contributed by atoms with Crippen LogP contribution in [0.3, 0.4) is 0 Å². The van der Waals surface area contributed by atoms with Crippen LogP contribution in [0.1, 0.15) is 46.2 Å². The normalized spacial score (nSPS) is 11.0. The molecule has 0 fully saturated rings. The first-order valence-corrected chi connectivity index (χ1v) is 24.3. The van der Waals surface area contributed by atoms with Crippen molar-refractivity contribution in [2.45, 2.75) is 25.7 Å². The van der Waals surface area contributed by atoms with Crippen LogP contribution < -0.4 is 21.2 Å². The van der Waals surface area contributed by atoms with Crippen molar-refractivity contribution in [2.75, 3.05) is 12.3 Å². The molecule has 0 aliphatic heterocycles. The molecule has 0 N–H and O–H groups in total. The molecule has 0 aromatic heterocycles. The van der Waals surface area contributed by atoms with Gasteiger partial charge >= 0.3 is 44.8 Å². The van der Waals surface area contributed by atoms with Gasteiger partial charge in [-0.3, -0.25) is 11.8 Å². The van der Waals surface area contributed by atoms with E-state index in [2.05, 4.69) is 194 Å². The van der Waals surface area contributed by atoms with Crippen molar-refractivity contribution in [1.29, 1.82) is 0 Å². The monoisotopic (exact) mass is 1200 g/mol. The third kappa shape index (κ3) is 11.2. The molecule has 0 bridgehead atoms. The minimum atomic E-state index is -0.714. The largest absolute Gasteiger partial charge is 1.00 e. The quantitative estimate of drug-likeness (QED) is 0.0444. The third-order valence-electron chi connectivity index (χ3n) is 11.5. The Kier molecular flexibility index (Phi) is 17.8. The van der Waals surface area contributed by atoms with Gasteiger partial charge in [-0.05, 0) is 96.5 Å². The van der Waals surface area contributed by atoms with Gasteiger partial charge < -0.3 is 12.8 Å². The molecule has 0 radical (unpaired) electrons. The summed E-state index contributed by atoms with van der Waals surface area (Å²) >= 11 is 0. The molecule has 0 spiro atoms. The van der Waals surface area contributed by atoms with Crippen molar-refractivity contribution in [2.24, 2.45) is 0 Å². The van der Waals surface area contributed by atoms with Gasteiger partial charge in [-0.2, -0.15) is 0 Å². The Labute approximate surface area is 403 Å². The predicted molar refractivity (Wildman–Crippen MR) is 262 cm³/mol. The Morgan fingerprint density at radius 1 is 0.339 bits per heavy atom. The van der Waals surface area contributed by atoms with Gasteiger partial charge in [0, 0.05) is 0 Å². The zero-order valence-electron chi connectivity index (χ0n) is 34.5. The Hall–Kier alpha value is -4.78. The summed E-state index contributed by atoms with van der Waals surface area (Å²) in [5.74, 6) is 5.04. The van der Waals surface area contributed by atoms with E-state index in [1.54, 1.807) is 0 Å². The van der Waals surface area contributed by atoms with Crippen LogP contribution in [0, 0.1) is 24.7 Å². The predicted octanol–water partition coefficient (Wildman–Crippen LogP) is 11.9. The van der Waals surface area contributed by atoms with E-state index >= 15 is 0 Å². The van der Waals surface area contributed by atoms with E-state index < -0.39 is 15.8 Å². The minimum absolute atomic E-state index is 0. The fourth-order valence-corrected chi connectivity index (χ4v) is 14.1. The van der Waals surface area contributed by atoms with Crippen molar-refractivity contribution < 1.29 is 44.8 Å². The SMILES string of the molecule is [Au+].[Au+].[C-]#Cc1cccc2c1-c1ccccc1C2.[C-]#Cc1cccc2c1-c1ccccc1C2.c1ccc([PH+](CCCC[PH+](c2ccccc2)c2ccccc2)c2ccccc2)cc1. The standard InChI is InChI=1S/C28H28P2.2C15H9.2Au/c1-5-15-25(16-6-1)29(26-17-7-2-8-18-26)23-13-14-24-30(27-19-9-3-10-20-27)28-21-11-4-12-22-28;2*1-2-11-7-5-8-13-10-12-6-3-4-9-14(12)15(11)13;;/h1-12,15-22H,13-14,23-24H2;2*3-9H,10H2;;/q;2*-1;2*+1/p+2. The zero-order valence-corrected chi connectivity index (χ0v) is 40.8. The minimum Gasteiger partial charge on any atom is -0.366 e. The molecule has 62 heavy (non-hydrogen) atoms. The third-order valence-corrected chi connectivity index (χ3v) is 17.3. The summed E-state index contributed by atoms with van der Waals surface area (Å²) in [6.45, 7) is 0. The van der Waals surface area contributed by atoms with Gasteiger partial charge in [0.2, 0.25) is 0 Å². The van der Waals surface area contributed by atoms with E-state index in [-0.39, 0.29) is 44.8 Å².